The molecule has 0 fully saturated rings. The van der Waals surface area contributed by atoms with Gasteiger partial charge in [-0.3, -0.25) is 0 Å². The van der Waals surface area contributed by atoms with Gasteiger partial charge in [-0.15, -0.1) is 0 Å². The van der Waals surface area contributed by atoms with Crippen LogP contribution in [-0.4, -0.2) is 0 Å². The maximum atomic E-state index is 13.1. The van der Waals surface area contributed by atoms with E-state index in [2.05, 4.69) is 15.9 Å². The predicted octanol–water partition coefficient (Wildman–Crippen LogP) is 3.26. The zero-order valence-corrected chi connectivity index (χ0v) is 8.79. The van der Waals surface area contributed by atoms with E-state index in [-0.39, 0.29) is 11.1 Å². The number of hydrogen-bond acceptors (Lipinski definition) is 1. The molecule has 0 saturated heterocycles. The highest BCUT2D eigenvalue weighted by Gasteiger charge is 2.11. The first-order chi connectivity index (χ1) is 5.54. The van der Waals surface area contributed by atoms with E-state index in [9.17, 15) is 4.39 Å². The minimum atomic E-state index is -0.452. The summed E-state index contributed by atoms with van der Waals surface area (Å²) in [6.07, 6.45) is 0. The van der Waals surface area contributed by atoms with Gasteiger partial charge in [-0.25, -0.2) is 4.39 Å². The van der Waals surface area contributed by atoms with Crippen LogP contribution < -0.4 is 5.73 Å². The van der Waals surface area contributed by atoms with Gasteiger partial charge in [0, 0.05) is 6.04 Å². The van der Waals surface area contributed by atoms with Gasteiger partial charge in [0.1, 0.15) is 0 Å². The summed E-state index contributed by atoms with van der Waals surface area (Å²) in [6.45, 7) is 1.79. The fourth-order valence-corrected chi connectivity index (χ4v) is 1.87. The van der Waals surface area contributed by atoms with Crippen LogP contribution in [-0.2, 0) is 0 Å². The van der Waals surface area contributed by atoms with Crippen molar-refractivity contribution in [1.29, 1.82) is 0 Å². The highest BCUT2D eigenvalue weighted by molar-refractivity contribution is 9.10. The number of hydrogen-bond donors (Lipinski definition) is 1. The first kappa shape index (κ1) is 9.96. The van der Waals surface area contributed by atoms with Crippen molar-refractivity contribution in [3.05, 3.63) is 33.0 Å². The van der Waals surface area contributed by atoms with Crippen LogP contribution in [0.4, 0.5) is 4.39 Å². The summed E-state index contributed by atoms with van der Waals surface area (Å²) < 4.78 is 13.5. The molecule has 0 spiro atoms. The molecule has 0 heterocycles. The van der Waals surface area contributed by atoms with Gasteiger partial charge in [0.2, 0.25) is 0 Å². The fourth-order valence-electron chi connectivity index (χ4n) is 0.893. The van der Waals surface area contributed by atoms with Gasteiger partial charge in [0.05, 0.1) is 9.50 Å². The number of rotatable bonds is 1. The zero-order valence-electron chi connectivity index (χ0n) is 6.44. The Kier molecular flexibility index (Phi) is 3.09. The van der Waals surface area contributed by atoms with Crippen molar-refractivity contribution in [2.24, 2.45) is 5.73 Å². The van der Waals surface area contributed by atoms with Crippen LogP contribution in [0.1, 0.15) is 18.5 Å². The summed E-state index contributed by atoms with van der Waals surface area (Å²) in [5.41, 5.74) is 6.31. The molecule has 0 aromatic heterocycles. The zero-order chi connectivity index (χ0) is 9.30. The van der Waals surface area contributed by atoms with E-state index in [1.54, 1.807) is 13.0 Å². The van der Waals surface area contributed by atoms with Crippen molar-refractivity contribution in [1.82, 2.24) is 0 Å². The van der Waals surface area contributed by atoms with E-state index in [0.717, 1.165) is 5.56 Å². The highest BCUT2D eigenvalue weighted by Crippen LogP contribution is 2.29. The molecule has 12 heavy (non-hydrogen) atoms. The molecule has 0 aliphatic heterocycles. The Bertz CT molecular complexity index is 301. The maximum absolute atomic E-state index is 13.1. The molecule has 1 rings (SSSR count). The molecule has 1 nitrogen and oxygen atoms in total. The van der Waals surface area contributed by atoms with Crippen LogP contribution in [0.25, 0.3) is 0 Å². The van der Waals surface area contributed by atoms with E-state index < -0.39 is 5.82 Å². The molecule has 0 saturated carbocycles. The maximum Gasteiger partial charge on any atom is 0.156 e. The third-order valence-corrected chi connectivity index (χ3v) is 2.65. The van der Waals surface area contributed by atoms with Crippen molar-refractivity contribution in [3.8, 4) is 0 Å². The normalized spacial score (nSPS) is 13.1. The molecule has 0 aliphatic carbocycles. The first-order valence-electron chi connectivity index (χ1n) is 3.43. The second-order valence-electron chi connectivity index (χ2n) is 2.55. The standard InChI is InChI=1S/C8H8BrClFN/c1-4(12)5-2-3-6(10)8(11)7(5)9/h2-4H,12H2,1H3. The van der Waals surface area contributed by atoms with E-state index >= 15 is 0 Å². The Morgan fingerprint density at radius 3 is 2.67 bits per heavy atom. The van der Waals surface area contributed by atoms with Crippen LogP contribution in [0.15, 0.2) is 16.6 Å². The highest BCUT2D eigenvalue weighted by atomic mass is 79.9. The van der Waals surface area contributed by atoms with Crippen molar-refractivity contribution >= 4 is 27.5 Å². The first-order valence-corrected chi connectivity index (χ1v) is 4.60. The van der Waals surface area contributed by atoms with E-state index in [4.69, 9.17) is 17.3 Å². The molecule has 4 heteroatoms. The largest absolute Gasteiger partial charge is 0.324 e. The van der Waals surface area contributed by atoms with E-state index in [1.807, 2.05) is 0 Å². The van der Waals surface area contributed by atoms with Crippen LogP contribution in [0.5, 0.6) is 0 Å². The summed E-state index contributed by atoms with van der Waals surface area (Å²) in [7, 11) is 0. The van der Waals surface area contributed by atoms with Crippen molar-refractivity contribution in [2.45, 2.75) is 13.0 Å². The molecule has 0 radical (unpaired) electrons. The van der Waals surface area contributed by atoms with Crippen LogP contribution in [0, 0.1) is 5.82 Å². The second kappa shape index (κ2) is 3.73. The van der Waals surface area contributed by atoms with E-state index in [1.165, 1.54) is 6.07 Å². The van der Waals surface area contributed by atoms with E-state index in [0.29, 0.717) is 4.47 Å². The van der Waals surface area contributed by atoms with Crippen molar-refractivity contribution in [2.75, 3.05) is 0 Å². The average Bonchev–Trinajstić information content (AvgIpc) is 2.00. The molecule has 0 amide bonds. The van der Waals surface area contributed by atoms with Crippen LogP contribution in [0.2, 0.25) is 5.02 Å². The number of halogens is 3. The molecular weight excluding hydrogens is 244 g/mol. The molecular formula is C8H8BrClFN. The lowest BCUT2D eigenvalue weighted by atomic mass is 10.1. The lowest BCUT2D eigenvalue weighted by molar-refractivity contribution is 0.615. The molecule has 66 valence electrons. The van der Waals surface area contributed by atoms with Gasteiger partial charge < -0.3 is 5.73 Å². The number of benzene rings is 1. The third kappa shape index (κ3) is 1.79. The molecule has 1 aromatic rings. The third-order valence-electron chi connectivity index (χ3n) is 1.56. The van der Waals surface area contributed by atoms with Crippen LogP contribution >= 0.6 is 27.5 Å². The Morgan fingerprint density at radius 2 is 2.17 bits per heavy atom. The quantitative estimate of drug-likeness (QED) is 0.763. The molecule has 1 aromatic carbocycles. The smallest absolute Gasteiger partial charge is 0.156 e. The minimum Gasteiger partial charge on any atom is -0.324 e. The van der Waals surface area contributed by atoms with Gasteiger partial charge in [0.25, 0.3) is 0 Å². The van der Waals surface area contributed by atoms with Gasteiger partial charge in [-0.05, 0) is 34.5 Å². The molecule has 1 atom stereocenters. The Balaban J connectivity index is 3.27. The van der Waals surface area contributed by atoms with Crippen molar-refractivity contribution < 1.29 is 4.39 Å². The summed E-state index contributed by atoms with van der Waals surface area (Å²) in [4.78, 5) is 0. The summed E-state index contributed by atoms with van der Waals surface area (Å²) >= 11 is 8.64. The predicted molar refractivity (Wildman–Crippen MR) is 51.7 cm³/mol. The molecule has 2 N–H and O–H groups in total. The van der Waals surface area contributed by atoms with Gasteiger partial charge in [-0.2, -0.15) is 0 Å². The second-order valence-corrected chi connectivity index (χ2v) is 3.75. The molecule has 0 aliphatic rings. The Labute approximate surface area is 83.8 Å². The molecule has 0 bridgehead atoms. The van der Waals surface area contributed by atoms with Gasteiger partial charge in [0.15, 0.2) is 5.82 Å². The van der Waals surface area contributed by atoms with Crippen LogP contribution in [0.3, 0.4) is 0 Å². The SMILES string of the molecule is CC(N)c1ccc(Cl)c(F)c1Br. The lowest BCUT2D eigenvalue weighted by Crippen LogP contribution is -2.06. The number of nitrogens with two attached hydrogens (primary N) is 1. The summed E-state index contributed by atoms with van der Waals surface area (Å²) in [6, 6.07) is 3.01. The van der Waals surface area contributed by atoms with Gasteiger partial charge >= 0.3 is 0 Å². The van der Waals surface area contributed by atoms with Gasteiger partial charge in [-0.1, -0.05) is 17.7 Å². The summed E-state index contributed by atoms with van der Waals surface area (Å²) in [5, 5.41) is 0.103. The fraction of sp³-hybridized carbons (Fsp3) is 0.250. The summed E-state index contributed by atoms with van der Waals surface area (Å²) in [5.74, 6) is -0.452. The van der Waals surface area contributed by atoms with Crippen molar-refractivity contribution in [3.63, 3.8) is 0 Å². The topological polar surface area (TPSA) is 26.0 Å². The monoisotopic (exact) mass is 251 g/mol. The Hall–Kier alpha value is -0.120. The molecule has 1 unspecified atom stereocenters. The average molecular weight is 253 g/mol. The minimum absolute atomic E-state index is 0.103. The lowest BCUT2D eigenvalue weighted by Gasteiger charge is -2.09. The Morgan fingerprint density at radius 1 is 1.58 bits per heavy atom.